The Bertz CT molecular complexity index is 1540. The van der Waals surface area contributed by atoms with Gasteiger partial charge in [-0.15, -0.1) is 13.2 Å². The van der Waals surface area contributed by atoms with E-state index in [2.05, 4.69) is 36.3 Å². The maximum atomic E-state index is 12.9. The van der Waals surface area contributed by atoms with Gasteiger partial charge in [0, 0.05) is 31.1 Å². The molecule has 1 aromatic heterocycles. The Morgan fingerprint density at radius 3 is 2.36 bits per heavy atom. The van der Waals surface area contributed by atoms with E-state index in [1.54, 1.807) is 0 Å². The van der Waals surface area contributed by atoms with E-state index < -0.39 is 15.9 Å². The number of rotatable bonds is 7. The van der Waals surface area contributed by atoms with E-state index in [1.807, 2.05) is 29.8 Å². The van der Waals surface area contributed by atoms with Crippen molar-refractivity contribution in [1.29, 1.82) is 0 Å². The molecule has 0 radical (unpaired) electrons. The van der Waals surface area contributed by atoms with Crippen molar-refractivity contribution in [1.82, 2.24) is 8.87 Å². The van der Waals surface area contributed by atoms with Gasteiger partial charge in [0.1, 0.15) is 0 Å². The van der Waals surface area contributed by atoms with Gasteiger partial charge in [-0.05, 0) is 35.7 Å². The Kier molecular flexibility index (Phi) is 6.42. The molecule has 33 heavy (non-hydrogen) atoms. The average molecular weight is 478 g/mol. The zero-order chi connectivity index (χ0) is 23.6. The zero-order valence-electron chi connectivity index (χ0n) is 18.1. The number of fused-ring (bicyclic) bond motifs is 3. The molecule has 0 aliphatic rings. The lowest BCUT2D eigenvalue weighted by molar-refractivity contribution is 0.0998. The van der Waals surface area contributed by atoms with Crippen molar-refractivity contribution < 1.29 is 13.2 Å². The summed E-state index contributed by atoms with van der Waals surface area (Å²) in [7, 11) is -1.85. The van der Waals surface area contributed by atoms with Gasteiger partial charge >= 0.3 is 0 Å². The number of aryl methyl sites for hydroxylation is 1. The SMILES string of the molecule is C=CCN(CC=C)S(=O)(=O)c1ccc(C(=O)N=c2sc3c4ccccc4ccc3n2C)cc1. The first-order chi connectivity index (χ1) is 15.9. The van der Waals surface area contributed by atoms with Gasteiger partial charge in [0.25, 0.3) is 5.91 Å². The van der Waals surface area contributed by atoms with Crippen molar-refractivity contribution in [3.05, 3.63) is 96.3 Å². The molecule has 1 heterocycles. The van der Waals surface area contributed by atoms with E-state index >= 15 is 0 Å². The Morgan fingerprint density at radius 1 is 1.03 bits per heavy atom. The highest BCUT2D eigenvalue weighted by molar-refractivity contribution is 7.89. The molecule has 0 atom stereocenters. The minimum Gasteiger partial charge on any atom is -0.319 e. The molecule has 0 aliphatic heterocycles. The van der Waals surface area contributed by atoms with Crippen LogP contribution in [-0.4, -0.2) is 36.3 Å². The summed E-state index contributed by atoms with van der Waals surface area (Å²) in [5.74, 6) is -0.431. The van der Waals surface area contributed by atoms with Crippen LogP contribution in [0.3, 0.4) is 0 Å². The first-order valence-corrected chi connectivity index (χ1v) is 12.5. The van der Waals surface area contributed by atoms with Crippen LogP contribution in [0.5, 0.6) is 0 Å². The van der Waals surface area contributed by atoms with Gasteiger partial charge in [0.15, 0.2) is 4.80 Å². The molecule has 3 aromatic carbocycles. The summed E-state index contributed by atoms with van der Waals surface area (Å²) >= 11 is 1.45. The second kappa shape index (κ2) is 9.27. The summed E-state index contributed by atoms with van der Waals surface area (Å²) in [6, 6.07) is 18.0. The monoisotopic (exact) mass is 477 g/mol. The molecule has 168 valence electrons. The first kappa shape index (κ1) is 22.8. The van der Waals surface area contributed by atoms with Gasteiger partial charge in [0.2, 0.25) is 10.0 Å². The standard InChI is InChI=1S/C25H23N3O3S2/c1-4-16-28(17-5-2)33(30,31)20-13-10-19(11-14-20)24(29)26-25-27(3)22-15-12-18-8-6-7-9-21(18)23(22)32-25/h4-15H,1-2,16-17H2,3H3. The molecule has 0 spiro atoms. The predicted molar refractivity (Wildman–Crippen MR) is 134 cm³/mol. The smallest absolute Gasteiger partial charge is 0.279 e. The highest BCUT2D eigenvalue weighted by Gasteiger charge is 2.22. The fourth-order valence-corrected chi connectivity index (χ4v) is 6.13. The van der Waals surface area contributed by atoms with E-state index in [0.717, 1.165) is 21.0 Å². The van der Waals surface area contributed by atoms with Crippen LogP contribution in [0.15, 0.2) is 95.9 Å². The number of nitrogens with zero attached hydrogens (tertiary/aromatic N) is 3. The van der Waals surface area contributed by atoms with Gasteiger partial charge < -0.3 is 4.57 Å². The minimum absolute atomic E-state index is 0.0987. The van der Waals surface area contributed by atoms with E-state index in [9.17, 15) is 13.2 Å². The largest absolute Gasteiger partial charge is 0.319 e. The lowest BCUT2D eigenvalue weighted by atomic mass is 10.1. The van der Waals surface area contributed by atoms with Crippen LogP contribution in [0.1, 0.15) is 10.4 Å². The molecule has 4 aromatic rings. The van der Waals surface area contributed by atoms with Crippen molar-refractivity contribution in [2.45, 2.75) is 4.90 Å². The van der Waals surface area contributed by atoms with Crippen molar-refractivity contribution in [2.75, 3.05) is 13.1 Å². The number of hydrogen-bond donors (Lipinski definition) is 0. The van der Waals surface area contributed by atoms with E-state index in [1.165, 1.54) is 52.1 Å². The fourth-order valence-electron chi connectivity index (χ4n) is 3.59. The van der Waals surface area contributed by atoms with Gasteiger partial charge in [-0.2, -0.15) is 9.30 Å². The van der Waals surface area contributed by atoms with E-state index in [4.69, 9.17) is 0 Å². The maximum absolute atomic E-state index is 12.9. The van der Waals surface area contributed by atoms with Gasteiger partial charge in [-0.3, -0.25) is 4.79 Å². The Labute approximate surface area is 196 Å². The molecule has 4 rings (SSSR count). The number of carbonyl (C=O) groups excluding carboxylic acids is 1. The summed E-state index contributed by atoms with van der Waals surface area (Å²) in [5, 5.41) is 2.24. The average Bonchev–Trinajstić information content (AvgIpc) is 3.14. The van der Waals surface area contributed by atoms with E-state index in [0.29, 0.717) is 10.4 Å². The Balaban J connectivity index is 1.69. The van der Waals surface area contributed by atoms with Gasteiger partial charge in [-0.1, -0.05) is 53.8 Å². The number of benzene rings is 3. The second-order valence-corrected chi connectivity index (χ2v) is 10.3. The molecule has 8 heteroatoms. The lowest BCUT2D eigenvalue weighted by Crippen LogP contribution is -2.31. The minimum atomic E-state index is -3.72. The molecule has 6 nitrogen and oxygen atoms in total. The van der Waals surface area contributed by atoms with Gasteiger partial charge in [0.05, 0.1) is 15.1 Å². The highest BCUT2D eigenvalue weighted by Crippen LogP contribution is 2.27. The van der Waals surface area contributed by atoms with Crippen molar-refractivity contribution in [3.8, 4) is 0 Å². The van der Waals surface area contributed by atoms with Crippen LogP contribution in [0.25, 0.3) is 21.0 Å². The Hall–Kier alpha value is -3.33. The molecular formula is C25H23N3O3S2. The van der Waals surface area contributed by atoms with E-state index in [-0.39, 0.29) is 18.0 Å². The third-order valence-corrected chi connectivity index (χ3v) is 8.33. The third kappa shape index (κ3) is 4.32. The van der Waals surface area contributed by atoms with Crippen LogP contribution >= 0.6 is 11.3 Å². The molecule has 0 saturated heterocycles. The zero-order valence-corrected chi connectivity index (χ0v) is 19.8. The number of carbonyl (C=O) groups is 1. The molecule has 0 bridgehead atoms. The van der Waals surface area contributed by atoms with Crippen LogP contribution in [-0.2, 0) is 17.1 Å². The first-order valence-electron chi connectivity index (χ1n) is 10.2. The topological polar surface area (TPSA) is 71.7 Å². The van der Waals surface area contributed by atoms with Crippen LogP contribution in [0, 0.1) is 0 Å². The molecular weight excluding hydrogens is 454 g/mol. The highest BCUT2D eigenvalue weighted by atomic mass is 32.2. The maximum Gasteiger partial charge on any atom is 0.279 e. The molecule has 1 amide bonds. The summed E-state index contributed by atoms with van der Waals surface area (Å²) in [4.78, 5) is 17.8. The number of thiazole rings is 1. The van der Waals surface area contributed by atoms with Gasteiger partial charge in [-0.25, -0.2) is 8.42 Å². The number of hydrogen-bond acceptors (Lipinski definition) is 4. The fraction of sp³-hybridized carbons (Fsp3) is 0.120. The van der Waals surface area contributed by atoms with Crippen LogP contribution < -0.4 is 4.80 Å². The lowest BCUT2D eigenvalue weighted by Gasteiger charge is -2.19. The summed E-state index contributed by atoms with van der Waals surface area (Å²) in [6.07, 6.45) is 3.04. The number of amides is 1. The second-order valence-electron chi connectivity index (χ2n) is 7.42. The third-order valence-electron chi connectivity index (χ3n) is 5.30. The van der Waals surface area contributed by atoms with Crippen molar-refractivity contribution in [2.24, 2.45) is 12.0 Å². The molecule has 0 aliphatic carbocycles. The normalized spacial score (nSPS) is 12.5. The quantitative estimate of drug-likeness (QED) is 0.368. The summed E-state index contributed by atoms with van der Waals surface area (Å²) in [5.41, 5.74) is 1.31. The number of aromatic nitrogens is 1. The van der Waals surface area contributed by atoms with Crippen LogP contribution in [0.4, 0.5) is 0 Å². The predicted octanol–water partition coefficient (Wildman–Crippen LogP) is 4.50. The molecule has 0 fully saturated rings. The molecule has 0 saturated carbocycles. The molecule has 0 unspecified atom stereocenters. The van der Waals surface area contributed by atoms with Crippen molar-refractivity contribution in [3.63, 3.8) is 0 Å². The summed E-state index contributed by atoms with van der Waals surface area (Å²) < 4.78 is 29.9. The van der Waals surface area contributed by atoms with Crippen LogP contribution in [0.2, 0.25) is 0 Å². The Morgan fingerprint density at radius 2 is 1.70 bits per heavy atom. The van der Waals surface area contributed by atoms with Crippen molar-refractivity contribution >= 4 is 48.3 Å². The molecule has 0 N–H and O–H groups in total. The summed E-state index contributed by atoms with van der Waals surface area (Å²) in [6.45, 7) is 7.55. The number of sulfonamides is 1.